The highest BCUT2D eigenvalue weighted by molar-refractivity contribution is 5.77. The lowest BCUT2D eigenvalue weighted by Crippen LogP contribution is -2.39. The number of aliphatic hydroxyl groups excluding tert-OH is 1. The summed E-state index contributed by atoms with van der Waals surface area (Å²) in [7, 11) is 0. The normalized spacial score (nSPS) is 24.3. The first-order valence-corrected chi connectivity index (χ1v) is 5.39. The van der Waals surface area contributed by atoms with E-state index in [9.17, 15) is 9.90 Å². The molecule has 1 heterocycles. The minimum absolute atomic E-state index is 0.255. The van der Waals surface area contributed by atoms with Crippen molar-refractivity contribution in [3.05, 3.63) is 35.9 Å². The number of rotatable bonds is 3. The van der Waals surface area contributed by atoms with Gasteiger partial charge in [0.15, 0.2) is 0 Å². The topological polar surface area (TPSA) is 58.6 Å². The minimum Gasteiger partial charge on any atom is -0.460 e. The summed E-state index contributed by atoms with van der Waals surface area (Å²) in [5.41, 5.74) is 0.948. The molecule has 1 aliphatic rings. The van der Waals surface area contributed by atoms with Gasteiger partial charge in [0.2, 0.25) is 0 Å². The fourth-order valence-corrected chi connectivity index (χ4v) is 1.75. The Hall–Kier alpha value is -1.39. The van der Waals surface area contributed by atoms with Crippen LogP contribution in [-0.4, -0.2) is 29.8 Å². The summed E-state index contributed by atoms with van der Waals surface area (Å²) >= 11 is 0. The van der Waals surface area contributed by atoms with Crippen molar-refractivity contribution in [3.8, 4) is 0 Å². The summed E-state index contributed by atoms with van der Waals surface area (Å²) in [5.74, 6) is -0.381. The van der Waals surface area contributed by atoms with Gasteiger partial charge in [-0.15, -0.1) is 0 Å². The van der Waals surface area contributed by atoms with Crippen LogP contribution in [0.15, 0.2) is 30.3 Å². The van der Waals surface area contributed by atoms with Crippen LogP contribution >= 0.6 is 0 Å². The van der Waals surface area contributed by atoms with Crippen molar-refractivity contribution in [2.45, 2.75) is 25.2 Å². The molecule has 1 aliphatic heterocycles. The zero-order valence-corrected chi connectivity index (χ0v) is 8.93. The Morgan fingerprint density at radius 2 is 2.19 bits per heavy atom. The van der Waals surface area contributed by atoms with Crippen LogP contribution in [0.5, 0.6) is 0 Å². The molecule has 2 N–H and O–H groups in total. The summed E-state index contributed by atoms with van der Waals surface area (Å²) in [6, 6.07) is 8.92. The SMILES string of the molecule is O=C(OCc1ccccc1)C1NCCC1O. The Morgan fingerprint density at radius 3 is 2.81 bits per heavy atom. The van der Waals surface area contributed by atoms with Crippen LogP contribution in [-0.2, 0) is 16.1 Å². The van der Waals surface area contributed by atoms with Crippen LogP contribution in [0.3, 0.4) is 0 Å². The molecule has 0 spiro atoms. The number of carbonyl (C=O) groups excluding carboxylic acids is 1. The zero-order valence-electron chi connectivity index (χ0n) is 8.93. The quantitative estimate of drug-likeness (QED) is 0.728. The molecule has 4 heteroatoms. The average molecular weight is 221 g/mol. The lowest BCUT2D eigenvalue weighted by molar-refractivity contribution is -0.149. The average Bonchev–Trinajstić information content (AvgIpc) is 2.74. The monoisotopic (exact) mass is 221 g/mol. The van der Waals surface area contributed by atoms with Crippen LogP contribution in [0.4, 0.5) is 0 Å². The van der Waals surface area contributed by atoms with Gasteiger partial charge in [-0.3, -0.25) is 4.79 Å². The standard InChI is InChI=1S/C12H15NO3/c14-10-6-7-13-11(10)12(15)16-8-9-4-2-1-3-5-9/h1-5,10-11,13-14H,6-8H2. The first kappa shape index (κ1) is 11.1. The van der Waals surface area contributed by atoms with Gasteiger partial charge in [-0.1, -0.05) is 30.3 Å². The second-order valence-corrected chi connectivity index (χ2v) is 3.88. The predicted octanol–water partition coefficient (Wildman–Crippen LogP) is 0.453. The van der Waals surface area contributed by atoms with E-state index < -0.39 is 12.1 Å². The first-order chi connectivity index (χ1) is 7.77. The number of nitrogens with one attached hydrogen (secondary N) is 1. The van der Waals surface area contributed by atoms with Crippen molar-refractivity contribution < 1.29 is 14.6 Å². The van der Waals surface area contributed by atoms with Gasteiger partial charge in [0.1, 0.15) is 12.6 Å². The molecular weight excluding hydrogens is 206 g/mol. The van der Waals surface area contributed by atoms with E-state index in [1.807, 2.05) is 30.3 Å². The number of ether oxygens (including phenoxy) is 1. The Kier molecular flexibility index (Phi) is 3.54. The number of benzene rings is 1. The van der Waals surface area contributed by atoms with E-state index in [0.29, 0.717) is 13.0 Å². The van der Waals surface area contributed by atoms with Crippen molar-refractivity contribution >= 4 is 5.97 Å². The second kappa shape index (κ2) is 5.09. The maximum Gasteiger partial charge on any atom is 0.326 e. The molecule has 1 aromatic carbocycles. The summed E-state index contributed by atoms with van der Waals surface area (Å²) in [4.78, 5) is 11.6. The van der Waals surface area contributed by atoms with Crippen LogP contribution in [0.1, 0.15) is 12.0 Å². The van der Waals surface area contributed by atoms with Gasteiger partial charge in [-0.05, 0) is 18.5 Å². The van der Waals surface area contributed by atoms with Crippen molar-refractivity contribution in [2.24, 2.45) is 0 Å². The lowest BCUT2D eigenvalue weighted by Gasteiger charge is -2.13. The van der Waals surface area contributed by atoms with Crippen molar-refractivity contribution in [1.82, 2.24) is 5.32 Å². The molecule has 1 saturated heterocycles. The summed E-state index contributed by atoms with van der Waals surface area (Å²) in [6.07, 6.45) is -0.0197. The number of hydrogen-bond donors (Lipinski definition) is 2. The molecule has 2 atom stereocenters. The van der Waals surface area contributed by atoms with Crippen LogP contribution in [0.25, 0.3) is 0 Å². The zero-order chi connectivity index (χ0) is 11.4. The smallest absolute Gasteiger partial charge is 0.326 e. The van der Waals surface area contributed by atoms with Crippen molar-refractivity contribution in [1.29, 1.82) is 0 Å². The van der Waals surface area contributed by atoms with Gasteiger partial charge in [-0.2, -0.15) is 0 Å². The Labute approximate surface area is 94.2 Å². The van der Waals surface area contributed by atoms with Gasteiger partial charge < -0.3 is 15.2 Å². The molecule has 2 rings (SSSR count). The highest BCUT2D eigenvalue weighted by Gasteiger charge is 2.32. The van der Waals surface area contributed by atoms with Gasteiger partial charge in [0, 0.05) is 0 Å². The Balaban J connectivity index is 1.84. The van der Waals surface area contributed by atoms with E-state index in [1.165, 1.54) is 0 Å². The molecule has 0 aliphatic carbocycles. The second-order valence-electron chi connectivity index (χ2n) is 3.88. The highest BCUT2D eigenvalue weighted by atomic mass is 16.5. The largest absolute Gasteiger partial charge is 0.460 e. The fraction of sp³-hybridized carbons (Fsp3) is 0.417. The molecule has 2 unspecified atom stereocenters. The number of aliphatic hydroxyl groups is 1. The predicted molar refractivity (Wildman–Crippen MR) is 58.7 cm³/mol. The van der Waals surface area contributed by atoms with E-state index in [0.717, 1.165) is 5.56 Å². The van der Waals surface area contributed by atoms with E-state index in [2.05, 4.69) is 5.32 Å². The Morgan fingerprint density at radius 1 is 1.44 bits per heavy atom. The van der Waals surface area contributed by atoms with Crippen molar-refractivity contribution in [2.75, 3.05) is 6.54 Å². The lowest BCUT2D eigenvalue weighted by atomic mass is 10.2. The fourth-order valence-electron chi connectivity index (χ4n) is 1.75. The molecule has 16 heavy (non-hydrogen) atoms. The van der Waals surface area contributed by atoms with Crippen LogP contribution in [0, 0.1) is 0 Å². The van der Waals surface area contributed by atoms with E-state index in [-0.39, 0.29) is 12.6 Å². The molecule has 0 aromatic heterocycles. The molecule has 0 radical (unpaired) electrons. The Bertz CT molecular complexity index is 353. The summed E-state index contributed by atoms with van der Waals surface area (Å²) in [6.45, 7) is 0.914. The van der Waals surface area contributed by atoms with Gasteiger partial charge in [0.05, 0.1) is 6.10 Å². The molecule has 0 amide bonds. The van der Waals surface area contributed by atoms with E-state index >= 15 is 0 Å². The summed E-state index contributed by atoms with van der Waals surface area (Å²) < 4.78 is 5.12. The molecular formula is C12H15NO3. The minimum atomic E-state index is -0.622. The van der Waals surface area contributed by atoms with Gasteiger partial charge >= 0.3 is 5.97 Å². The summed E-state index contributed by atoms with van der Waals surface area (Å²) in [5, 5.41) is 12.4. The third-order valence-corrected chi connectivity index (χ3v) is 2.67. The molecule has 0 saturated carbocycles. The maximum atomic E-state index is 11.6. The van der Waals surface area contributed by atoms with Gasteiger partial charge in [-0.25, -0.2) is 0 Å². The maximum absolute atomic E-state index is 11.6. The number of hydrogen-bond acceptors (Lipinski definition) is 4. The first-order valence-electron chi connectivity index (χ1n) is 5.39. The molecule has 1 aromatic rings. The molecule has 4 nitrogen and oxygen atoms in total. The molecule has 86 valence electrons. The highest BCUT2D eigenvalue weighted by Crippen LogP contribution is 2.09. The van der Waals surface area contributed by atoms with Crippen LogP contribution in [0.2, 0.25) is 0 Å². The van der Waals surface area contributed by atoms with Crippen LogP contribution < -0.4 is 5.32 Å². The van der Waals surface area contributed by atoms with Crippen molar-refractivity contribution in [3.63, 3.8) is 0 Å². The molecule has 0 bridgehead atoms. The number of carbonyl (C=O) groups is 1. The van der Waals surface area contributed by atoms with E-state index in [4.69, 9.17) is 4.74 Å². The van der Waals surface area contributed by atoms with E-state index in [1.54, 1.807) is 0 Å². The molecule has 1 fully saturated rings. The van der Waals surface area contributed by atoms with Gasteiger partial charge in [0.25, 0.3) is 0 Å². The third kappa shape index (κ3) is 2.59. The number of esters is 1. The third-order valence-electron chi connectivity index (χ3n) is 2.67.